The van der Waals surface area contributed by atoms with Gasteiger partial charge in [0.2, 0.25) is 11.8 Å². The number of carbonyl (C=O) groups is 2. The maximum Gasteiger partial charge on any atom is 0.227 e. The number of rotatable bonds is 16. The molecule has 0 unspecified atom stereocenters. The minimum atomic E-state index is -0.672. The summed E-state index contributed by atoms with van der Waals surface area (Å²) in [5.41, 5.74) is 1.87. The number of benzene rings is 4. The van der Waals surface area contributed by atoms with Gasteiger partial charge in [0.1, 0.15) is 23.0 Å². The number of hydrogen-bond acceptors (Lipinski definition) is 6. The predicted molar refractivity (Wildman–Crippen MR) is 192 cm³/mol. The Balaban J connectivity index is 1.33. The maximum atomic E-state index is 14.4. The summed E-state index contributed by atoms with van der Waals surface area (Å²) in [6.07, 6.45) is 1.72. The van der Waals surface area contributed by atoms with Crippen LogP contribution in [-0.4, -0.2) is 34.7 Å². The van der Waals surface area contributed by atoms with Gasteiger partial charge in [-0.05, 0) is 84.3 Å². The lowest BCUT2D eigenvalue weighted by Crippen LogP contribution is -2.60. The highest BCUT2D eigenvalue weighted by Gasteiger charge is 2.58. The average molecular weight is 669 g/mol. The molecule has 256 valence electrons. The smallest absolute Gasteiger partial charge is 0.227 e. The molecular weight excluding hydrogens is 624 g/mol. The molecule has 1 saturated carbocycles. The fraction of sp³-hybridized carbons (Fsp3) is 0.333. The molecule has 4 aromatic carbocycles. The van der Waals surface area contributed by atoms with Gasteiger partial charge in [-0.25, -0.2) is 0 Å². The van der Waals surface area contributed by atoms with Crippen molar-refractivity contribution in [2.45, 2.75) is 52.6 Å². The van der Waals surface area contributed by atoms with E-state index in [-0.39, 0.29) is 36.5 Å². The molecule has 0 saturated heterocycles. The van der Waals surface area contributed by atoms with Crippen LogP contribution in [0.5, 0.6) is 23.0 Å². The van der Waals surface area contributed by atoms with Crippen LogP contribution in [0.3, 0.4) is 0 Å². The van der Waals surface area contributed by atoms with Crippen LogP contribution in [0, 0.1) is 46.3 Å². The van der Waals surface area contributed by atoms with Gasteiger partial charge < -0.3 is 19.3 Å². The quantitative estimate of drug-likeness (QED) is 0.118. The zero-order chi connectivity index (χ0) is 35.3. The van der Waals surface area contributed by atoms with Gasteiger partial charge in [-0.2, -0.15) is 10.5 Å². The molecule has 5 rings (SSSR count). The second kappa shape index (κ2) is 17.7. The van der Waals surface area contributed by atoms with Gasteiger partial charge >= 0.3 is 0 Å². The summed E-state index contributed by atoms with van der Waals surface area (Å²) in [6.45, 7) is 5.80. The van der Waals surface area contributed by atoms with E-state index in [4.69, 9.17) is 9.47 Å². The van der Waals surface area contributed by atoms with Crippen molar-refractivity contribution in [1.82, 2.24) is 9.80 Å². The van der Waals surface area contributed by atoms with Gasteiger partial charge in [-0.15, -0.1) is 0 Å². The molecule has 0 radical (unpaired) electrons. The lowest BCUT2D eigenvalue weighted by atomic mass is 9.53. The molecule has 50 heavy (non-hydrogen) atoms. The van der Waals surface area contributed by atoms with Crippen molar-refractivity contribution in [1.29, 1.82) is 10.5 Å². The van der Waals surface area contributed by atoms with E-state index in [1.165, 1.54) is 0 Å². The zero-order valence-corrected chi connectivity index (χ0v) is 28.8. The van der Waals surface area contributed by atoms with Crippen LogP contribution in [0.25, 0.3) is 0 Å². The summed E-state index contributed by atoms with van der Waals surface area (Å²) in [6, 6.07) is 38.9. The van der Waals surface area contributed by atoms with Crippen LogP contribution in [0.15, 0.2) is 109 Å². The lowest BCUT2D eigenvalue weighted by Gasteiger charge is -2.51. The molecule has 8 heteroatoms. The first-order chi connectivity index (χ1) is 24.4. The van der Waals surface area contributed by atoms with Gasteiger partial charge in [-0.3, -0.25) is 9.59 Å². The number of amides is 2. The minimum Gasteiger partial charge on any atom is -0.457 e. The largest absolute Gasteiger partial charge is 0.457 e. The lowest BCUT2D eigenvalue weighted by molar-refractivity contribution is -0.167. The van der Waals surface area contributed by atoms with Gasteiger partial charge in [0.05, 0.1) is 24.0 Å². The number of nitrogens with zero attached hydrogens (tertiary/aromatic N) is 4. The van der Waals surface area contributed by atoms with E-state index in [9.17, 15) is 20.1 Å². The van der Waals surface area contributed by atoms with Crippen LogP contribution in [0.2, 0.25) is 0 Å². The molecule has 1 aliphatic carbocycles. The first-order valence-electron chi connectivity index (χ1n) is 17.4. The molecule has 0 bridgehead atoms. The minimum absolute atomic E-state index is 0.120. The van der Waals surface area contributed by atoms with Crippen molar-refractivity contribution in [3.05, 3.63) is 120 Å². The van der Waals surface area contributed by atoms with E-state index < -0.39 is 11.8 Å². The van der Waals surface area contributed by atoms with Crippen LogP contribution >= 0.6 is 0 Å². The number of nitriles is 2. The Hall–Kier alpha value is -5.60. The maximum absolute atomic E-state index is 14.4. The van der Waals surface area contributed by atoms with E-state index in [1.807, 2.05) is 123 Å². The van der Waals surface area contributed by atoms with Crippen molar-refractivity contribution >= 4 is 11.8 Å². The SMILES string of the molecule is CCCN(Cc1ccc(Oc2ccccc2)cc1)C(=O)[C@H]1[C@@H](CC#N)[C@H](CC#N)[C@@H]1C(=O)N(CCC)Cc1ccc(Oc2ccccc2)cc1. The van der Waals surface area contributed by atoms with Gasteiger partial charge in [0.15, 0.2) is 0 Å². The molecule has 0 aromatic heterocycles. The molecule has 2 amide bonds. The normalized spacial score (nSPS) is 17.8. The van der Waals surface area contributed by atoms with Gasteiger partial charge in [0.25, 0.3) is 0 Å². The fourth-order valence-corrected chi connectivity index (χ4v) is 6.87. The van der Waals surface area contributed by atoms with Gasteiger partial charge in [0, 0.05) is 39.0 Å². The van der Waals surface area contributed by atoms with E-state index in [0.717, 1.165) is 35.5 Å². The molecule has 1 fully saturated rings. The molecule has 4 atom stereocenters. The van der Waals surface area contributed by atoms with E-state index in [1.54, 1.807) is 9.80 Å². The molecule has 0 spiro atoms. The third kappa shape index (κ3) is 8.89. The first kappa shape index (κ1) is 35.7. The average Bonchev–Trinajstić information content (AvgIpc) is 3.13. The highest BCUT2D eigenvalue weighted by molar-refractivity contribution is 5.90. The summed E-state index contributed by atoms with van der Waals surface area (Å²) < 4.78 is 11.9. The summed E-state index contributed by atoms with van der Waals surface area (Å²) in [5, 5.41) is 19.5. The number of carbonyl (C=O) groups excluding carboxylic acids is 2. The molecule has 0 aliphatic heterocycles. The second-order valence-corrected chi connectivity index (χ2v) is 12.7. The number of hydrogen-bond donors (Lipinski definition) is 0. The Bertz CT molecular complexity index is 1630. The Labute approximate surface area is 295 Å². The van der Waals surface area contributed by atoms with Crippen molar-refractivity contribution < 1.29 is 19.1 Å². The molecule has 0 N–H and O–H groups in total. The van der Waals surface area contributed by atoms with E-state index in [0.29, 0.717) is 37.7 Å². The Morgan fingerprint density at radius 2 is 0.900 bits per heavy atom. The predicted octanol–water partition coefficient (Wildman–Crippen LogP) is 8.75. The summed E-state index contributed by atoms with van der Waals surface area (Å²) >= 11 is 0. The van der Waals surface area contributed by atoms with E-state index >= 15 is 0 Å². The third-order valence-electron chi connectivity index (χ3n) is 9.25. The molecule has 1 aliphatic rings. The van der Waals surface area contributed by atoms with Crippen LogP contribution in [0.1, 0.15) is 50.7 Å². The second-order valence-electron chi connectivity index (χ2n) is 12.7. The number of ether oxygens (including phenoxy) is 2. The Morgan fingerprint density at radius 1 is 0.560 bits per heavy atom. The molecular formula is C42H44N4O4. The zero-order valence-electron chi connectivity index (χ0n) is 28.8. The third-order valence-corrected chi connectivity index (χ3v) is 9.25. The van der Waals surface area contributed by atoms with Crippen molar-refractivity contribution in [2.24, 2.45) is 23.7 Å². The van der Waals surface area contributed by atoms with Gasteiger partial charge in [-0.1, -0.05) is 74.5 Å². The highest BCUT2D eigenvalue weighted by Crippen LogP contribution is 2.51. The van der Waals surface area contributed by atoms with Crippen LogP contribution in [-0.2, 0) is 22.7 Å². The molecule has 4 aromatic rings. The molecule has 0 heterocycles. The molecule has 8 nitrogen and oxygen atoms in total. The Morgan fingerprint density at radius 3 is 1.22 bits per heavy atom. The summed E-state index contributed by atoms with van der Waals surface area (Å²) in [7, 11) is 0. The topological polar surface area (TPSA) is 107 Å². The highest BCUT2D eigenvalue weighted by atomic mass is 16.5. The van der Waals surface area contributed by atoms with Crippen molar-refractivity contribution in [2.75, 3.05) is 13.1 Å². The monoisotopic (exact) mass is 668 g/mol. The standard InChI is InChI=1S/C42H44N4O4/c1-3-27-45(29-31-15-19-35(20-16-31)49-33-11-7-5-8-12-33)41(47)39-37(23-25-43)38(24-26-44)40(39)42(48)46(28-4-2)30-32-17-21-36(22-18-32)50-34-13-9-6-10-14-34/h5-22,37-40H,3-4,23-24,27-30H2,1-2H3/t37-,38-,39-,40-/m0/s1. The first-order valence-corrected chi connectivity index (χ1v) is 17.4. The van der Waals surface area contributed by atoms with E-state index in [2.05, 4.69) is 12.1 Å². The van der Waals surface area contributed by atoms with Crippen molar-refractivity contribution in [3.63, 3.8) is 0 Å². The Kier molecular flexibility index (Phi) is 12.6. The van der Waals surface area contributed by atoms with Crippen LogP contribution in [0.4, 0.5) is 0 Å². The number of para-hydroxylation sites is 2. The summed E-state index contributed by atoms with van der Waals surface area (Å²) in [4.78, 5) is 32.5. The van der Waals surface area contributed by atoms with Crippen molar-refractivity contribution in [3.8, 4) is 35.1 Å². The van der Waals surface area contributed by atoms with Crippen LogP contribution < -0.4 is 9.47 Å². The summed E-state index contributed by atoms with van der Waals surface area (Å²) in [5.74, 6) is 0.533. The fourth-order valence-electron chi connectivity index (χ4n) is 6.87.